The van der Waals surface area contributed by atoms with Gasteiger partial charge in [-0.1, -0.05) is 42.5 Å². The van der Waals surface area contributed by atoms with Crippen LogP contribution in [0.25, 0.3) is 10.2 Å². The Morgan fingerprint density at radius 1 is 1.12 bits per heavy atom. The van der Waals surface area contributed by atoms with Crippen molar-refractivity contribution in [3.8, 4) is 0 Å². The van der Waals surface area contributed by atoms with E-state index in [2.05, 4.69) is 21.1 Å². The van der Waals surface area contributed by atoms with Gasteiger partial charge in [0.05, 0.1) is 6.54 Å². The number of aromatic nitrogens is 2. The normalized spacial score (nSPS) is 10.8. The van der Waals surface area contributed by atoms with Gasteiger partial charge in [-0.15, -0.1) is 0 Å². The fourth-order valence-corrected chi connectivity index (χ4v) is 3.14. The van der Waals surface area contributed by atoms with E-state index in [1.165, 1.54) is 5.56 Å². The molecular formula is C13H10N2S2. The summed E-state index contributed by atoms with van der Waals surface area (Å²) in [4.78, 5) is 5.34. The highest BCUT2D eigenvalue weighted by Gasteiger charge is 2.04. The first kappa shape index (κ1) is 10.6. The largest absolute Gasteiger partial charge is 0.281 e. The fraction of sp³-hybridized carbons (Fsp3) is 0.0769. The number of nitrogens with zero attached hydrogens (tertiary/aromatic N) is 2. The van der Waals surface area contributed by atoms with Crippen LogP contribution in [0, 0.1) is 4.64 Å². The Morgan fingerprint density at radius 2 is 1.94 bits per heavy atom. The monoisotopic (exact) mass is 258 g/mol. The molecule has 2 aromatic heterocycles. The van der Waals surface area contributed by atoms with Crippen LogP contribution in [-0.4, -0.2) is 8.94 Å². The number of hydrogen-bond donors (Lipinski definition) is 0. The van der Waals surface area contributed by atoms with Crippen molar-refractivity contribution in [1.29, 1.82) is 0 Å². The third-order valence-corrected chi connectivity index (χ3v) is 4.18. The average molecular weight is 258 g/mol. The van der Waals surface area contributed by atoms with E-state index in [9.17, 15) is 0 Å². The van der Waals surface area contributed by atoms with Crippen molar-refractivity contribution in [3.05, 3.63) is 58.9 Å². The van der Waals surface area contributed by atoms with E-state index in [4.69, 9.17) is 12.2 Å². The lowest BCUT2D eigenvalue weighted by molar-refractivity contribution is 0.874. The predicted octanol–water partition coefficient (Wildman–Crippen LogP) is 3.88. The molecule has 0 spiro atoms. The first-order valence-corrected chi connectivity index (χ1v) is 6.51. The molecule has 0 radical (unpaired) electrons. The Labute approximate surface area is 108 Å². The van der Waals surface area contributed by atoms with Gasteiger partial charge < -0.3 is 0 Å². The van der Waals surface area contributed by atoms with Crippen molar-refractivity contribution in [1.82, 2.24) is 8.94 Å². The van der Waals surface area contributed by atoms with Crippen LogP contribution in [-0.2, 0) is 6.54 Å². The van der Waals surface area contributed by atoms with Crippen molar-refractivity contribution >= 4 is 34.0 Å². The van der Waals surface area contributed by atoms with E-state index in [1.54, 1.807) is 17.7 Å². The minimum Gasteiger partial charge on any atom is -0.281 e. The van der Waals surface area contributed by atoms with Crippen LogP contribution in [0.5, 0.6) is 0 Å². The molecule has 1 aromatic carbocycles. The van der Waals surface area contributed by atoms with Crippen molar-refractivity contribution < 1.29 is 0 Å². The Morgan fingerprint density at radius 3 is 2.71 bits per heavy atom. The minimum atomic E-state index is 0.820. The Hall–Kier alpha value is -1.52. The molecule has 0 aliphatic heterocycles. The third kappa shape index (κ3) is 2.01. The van der Waals surface area contributed by atoms with Gasteiger partial charge in [0.1, 0.15) is 9.47 Å². The molecular weight excluding hydrogens is 248 g/mol. The molecule has 2 heterocycles. The van der Waals surface area contributed by atoms with Gasteiger partial charge in [0, 0.05) is 11.6 Å². The second kappa shape index (κ2) is 4.39. The maximum Gasteiger partial charge on any atom is 0.142 e. The molecule has 0 unspecified atom stereocenters. The highest BCUT2D eigenvalue weighted by Crippen LogP contribution is 2.21. The zero-order valence-electron chi connectivity index (χ0n) is 9.04. The number of rotatable bonds is 2. The lowest BCUT2D eigenvalue weighted by Gasteiger charge is -2.00. The van der Waals surface area contributed by atoms with E-state index in [0.29, 0.717) is 0 Å². The summed E-state index contributed by atoms with van der Waals surface area (Å²) >= 11 is 7.08. The van der Waals surface area contributed by atoms with Crippen LogP contribution < -0.4 is 0 Å². The van der Waals surface area contributed by atoms with Gasteiger partial charge in [-0.05, 0) is 29.2 Å². The van der Waals surface area contributed by atoms with E-state index in [0.717, 1.165) is 21.4 Å². The van der Waals surface area contributed by atoms with Crippen LogP contribution in [0.3, 0.4) is 0 Å². The molecule has 2 nitrogen and oxygen atoms in total. The van der Waals surface area contributed by atoms with E-state index in [-0.39, 0.29) is 0 Å². The third-order valence-electron chi connectivity index (χ3n) is 2.59. The molecule has 3 aromatic rings. The summed E-state index contributed by atoms with van der Waals surface area (Å²) in [5.41, 5.74) is 1.26. The van der Waals surface area contributed by atoms with Crippen LogP contribution >= 0.6 is 23.8 Å². The molecule has 17 heavy (non-hydrogen) atoms. The molecule has 3 rings (SSSR count). The standard InChI is InChI=1S/C13H10N2S2/c16-13-11-7-4-8-14-12(11)17-15(13)9-10-5-2-1-3-6-10/h1-8H,9H2. The summed E-state index contributed by atoms with van der Waals surface area (Å²) < 4.78 is 2.99. The fourth-order valence-electron chi connectivity index (χ4n) is 1.76. The molecule has 0 aliphatic rings. The Balaban J connectivity index is 2.07. The zero-order chi connectivity index (χ0) is 11.7. The van der Waals surface area contributed by atoms with Crippen LogP contribution in [0.4, 0.5) is 0 Å². The van der Waals surface area contributed by atoms with Gasteiger partial charge in [0.15, 0.2) is 0 Å². The van der Waals surface area contributed by atoms with Crippen LogP contribution in [0.15, 0.2) is 48.7 Å². The summed E-state index contributed by atoms with van der Waals surface area (Å²) in [5, 5.41) is 1.07. The van der Waals surface area contributed by atoms with E-state index >= 15 is 0 Å². The average Bonchev–Trinajstić information content (AvgIpc) is 2.68. The molecule has 0 aliphatic carbocycles. The first-order chi connectivity index (χ1) is 8.34. The summed E-state index contributed by atoms with van der Waals surface area (Å²) in [5.74, 6) is 0. The number of hydrogen-bond acceptors (Lipinski definition) is 3. The van der Waals surface area contributed by atoms with Gasteiger partial charge in [0.2, 0.25) is 0 Å². The quantitative estimate of drug-likeness (QED) is 0.649. The van der Waals surface area contributed by atoms with Gasteiger partial charge in [-0.2, -0.15) is 0 Å². The SMILES string of the molecule is S=c1c2cccnc2sn1Cc1ccccc1. The molecule has 4 heteroatoms. The summed E-state index contributed by atoms with van der Waals surface area (Å²) in [6.07, 6.45) is 1.81. The number of pyridine rings is 1. The van der Waals surface area contributed by atoms with Gasteiger partial charge in [-0.3, -0.25) is 3.96 Å². The Kier molecular flexibility index (Phi) is 2.74. The number of benzene rings is 1. The van der Waals surface area contributed by atoms with Crippen LogP contribution in [0.2, 0.25) is 0 Å². The zero-order valence-corrected chi connectivity index (χ0v) is 10.7. The highest BCUT2D eigenvalue weighted by atomic mass is 32.1. The van der Waals surface area contributed by atoms with Crippen molar-refractivity contribution in [2.75, 3.05) is 0 Å². The highest BCUT2D eigenvalue weighted by molar-refractivity contribution is 7.71. The van der Waals surface area contributed by atoms with E-state index < -0.39 is 0 Å². The molecule has 0 N–H and O–H groups in total. The predicted molar refractivity (Wildman–Crippen MR) is 74.0 cm³/mol. The van der Waals surface area contributed by atoms with Crippen molar-refractivity contribution in [3.63, 3.8) is 0 Å². The minimum absolute atomic E-state index is 0.820. The van der Waals surface area contributed by atoms with Crippen molar-refractivity contribution in [2.45, 2.75) is 6.54 Å². The van der Waals surface area contributed by atoms with Gasteiger partial charge in [0.25, 0.3) is 0 Å². The first-order valence-electron chi connectivity index (χ1n) is 5.33. The lowest BCUT2D eigenvalue weighted by atomic mass is 10.2. The second-order valence-corrected chi connectivity index (χ2v) is 5.17. The molecule has 0 fully saturated rings. The van der Waals surface area contributed by atoms with E-state index in [1.807, 2.05) is 30.3 Å². The maximum atomic E-state index is 5.46. The maximum absolute atomic E-state index is 5.46. The van der Waals surface area contributed by atoms with Gasteiger partial charge in [-0.25, -0.2) is 4.98 Å². The molecule has 0 bridgehead atoms. The molecule has 0 amide bonds. The molecule has 0 saturated carbocycles. The van der Waals surface area contributed by atoms with Crippen LogP contribution in [0.1, 0.15) is 5.56 Å². The summed E-state index contributed by atoms with van der Waals surface area (Å²) in [6, 6.07) is 14.3. The number of fused-ring (bicyclic) bond motifs is 1. The Bertz CT molecular complexity index is 698. The second-order valence-electron chi connectivity index (χ2n) is 3.77. The van der Waals surface area contributed by atoms with Gasteiger partial charge >= 0.3 is 0 Å². The molecule has 0 atom stereocenters. The molecule has 0 saturated heterocycles. The topological polar surface area (TPSA) is 17.8 Å². The summed E-state index contributed by atoms with van der Waals surface area (Å²) in [6.45, 7) is 0.820. The summed E-state index contributed by atoms with van der Waals surface area (Å²) in [7, 11) is 0. The van der Waals surface area contributed by atoms with Crippen molar-refractivity contribution in [2.24, 2.45) is 0 Å². The molecule has 84 valence electrons. The lowest BCUT2D eigenvalue weighted by Crippen LogP contribution is -1.94. The smallest absolute Gasteiger partial charge is 0.142 e.